The maximum Gasteiger partial charge on any atom is 0.253 e. The summed E-state index contributed by atoms with van der Waals surface area (Å²) >= 11 is 2.70. The van der Waals surface area contributed by atoms with E-state index in [2.05, 4.69) is 10.3 Å². The fourth-order valence-electron chi connectivity index (χ4n) is 3.41. The lowest BCUT2D eigenvalue weighted by Gasteiger charge is -2.32. The van der Waals surface area contributed by atoms with Gasteiger partial charge in [-0.3, -0.25) is 4.79 Å². The molecule has 2 aliphatic rings. The highest BCUT2D eigenvalue weighted by atomic mass is 32.2. The fourth-order valence-corrected chi connectivity index (χ4v) is 7.24. The second-order valence-corrected chi connectivity index (χ2v) is 10.4. The number of nitrogens with one attached hydrogen (secondary N) is 1. The number of carbonyl (C=O) groups is 1. The van der Waals surface area contributed by atoms with Crippen molar-refractivity contribution >= 4 is 43.7 Å². The Morgan fingerprint density at radius 2 is 2.16 bits per heavy atom. The van der Waals surface area contributed by atoms with Crippen LogP contribution in [0.2, 0.25) is 0 Å². The van der Waals surface area contributed by atoms with Crippen molar-refractivity contribution in [2.24, 2.45) is 0 Å². The van der Waals surface area contributed by atoms with Crippen molar-refractivity contribution in [3.63, 3.8) is 0 Å². The number of aromatic nitrogens is 1. The van der Waals surface area contributed by atoms with Gasteiger partial charge in [0.15, 0.2) is 5.13 Å². The topological polar surface area (TPSA) is 79.4 Å². The fraction of sp³-hybridized carbons (Fsp3) is 0.500. The lowest BCUT2D eigenvalue weighted by molar-refractivity contribution is -0.120. The lowest BCUT2D eigenvalue weighted by atomic mass is 10.0. The molecule has 0 radical (unpaired) electrons. The summed E-state index contributed by atoms with van der Waals surface area (Å²) in [5.41, 5.74) is 1.08. The SMILES string of the molecule is O=C(Nc1nc2c(s1)CCC2)[C@@H]1CCCCN1S(=O)(=O)c1cccs1. The smallest absolute Gasteiger partial charge is 0.253 e. The van der Waals surface area contributed by atoms with E-state index in [0.29, 0.717) is 22.3 Å². The van der Waals surface area contributed by atoms with Gasteiger partial charge >= 0.3 is 0 Å². The van der Waals surface area contributed by atoms with Crippen LogP contribution in [0.15, 0.2) is 21.7 Å². The summed E-state index contributed by atoms with van der Waals surface area (Å²) < 4.78 is 27.4. The molecule has 2 aromatic rings. The summed E-state index contributed by atoms with van der Waals surface area (Å²) in [6, 6.07) is 2.64. The Morgan fingerprint density at radius 3 is 2.92 bits per heavy atom. The molecular formula is C16H19N3O3S3. The van der Waals surface area contributed by atoms with Crippen LogP contribution in [-0.2, 0) is 27.7 Å². The summed E-state index contributed by atoms with van der Waals surface area (Å²) in [5, 5.41) is 5.18. The average Bonchev–Trinajstić information content (AvgIpc) is 3.32. The minimum absolute atomic E-state index is 0.271. The quantitative estimate of drug-likeness (QED) is 0.860. The molecular weight excluding hydrogens is 378 g/mol. The molecule has 1 saturated heterocycles. The summed E-state index contributed by atoms with van der Waals surface area (Å²) in [7, 11) is -3.63. The Labute approximate surface area is 154 Å². The van der Waals surface area contributed by atoms with E-state index in [1.807, 2.05) is 0 Å². The number of amides is 1. The number of piperidine rings is 1. The highest BCUT2D eigenvalue weighted by Gasteiger charge is 2.38. The van der Waals surface area contributed by atoms with Gasteiger partial charge in [0.05, 0.1) is 5.69 Å². The summed E-state index contributed by atoms with van der Waals surface area (Å²) in [6.45, 7) is 0.382. The number of rotatable bonds is 4. The van der Waals surface area contributed by atoms with Crippen molar-refractivity contribution in [2.75, 3.05) is 11.9 Å². The average molecular weight is 398 g/mol. The van der Waals surface area contributed by atoms with Gasteiger partial charge in [-0.15, -0.1) is 22.7 Å². The van der Waals surface area contributed by atoms with E-state index in [1.165, 1.54) is 31.9 Å². The first-order chi connectivity index (χ1) is 12.1. The Morgan fingerprint density at radius 1 is 1.28 bits per heavy atom. The number of thiophene rings is 1. The molecule has 1 aliphatic carbocycles. The van der Waals surface area contributed by atoms with Gasteiger partial charge in [0, 0.05) is 11.4 Å². The molecule has 1 atom stereocenters. The van der Waals surface area contributed by atoms with Crippen molar-refractivity contribution in [1.29, 1.82) is 0 Å². The zero-order valence-electron chi connectivity index (χ0n) is 13.6. The third-order valence-electron chi connectivity index (χ3n) is 4.64. The Bertz CT molecular complexity index is 852. The molecule has 0 bridgehead atoms. The number of aryl methyl sites for hydroxylation is 2. The largest absolute Gasteiger partial charge is 0.301 e. The van der Waals surface area contributed by atoms with Crippen LogP contribution in [0.4, 0.5) is 5.13 Å². The first-order valence-corrected chi connectivity index (χ1v) is 11.5. The van der Waals surface area contributed by atoms with E-state index in [0.717, 1.165) is 37.8 Å². The van der Waals surface area contributed by atoms with Crippen molar-refractivity contribution in [3.05, 3.63) is 28.1 Å². The van der Waals surface area contributed by atoms with Crippen molar-refractivity contribution in [3.8, 4) is 0 Å². The second-order valence-electron chi connectivity index (χ2n) is 6.29. The number of hydrogen-bond donors (Lipinski definition) is 1. The van der Waals surface area contributed by atoms with Crippen molar-refractivity contribution in [2.45, 2.75) is 48.8 Å². The number of fused-ring (bicyclic) bond motifs is 1. The number of thiazole rings is 1. The Kier molecular flexibility index (Phi) is 4.65. The van der Waals surface area contributed by atoms with Gasteiger partial charge in [-0.05, 0) is 43.6 Å². The third kappa shape index (κ3) is 3.25. The second kappa shape index (κ2) is 6.79. The van der Waals surface area contributed by atoms with Crippen molar-refractivity contribution < 1.29 is 13.2 Å². The van der Waals surface area contributed by atoms with Crippen LogP contribution in [0.5, 0.6) is 0 Å². The van der Waals surface area contributed by atoms with Gasteiger partial charge in [-0.25, -0.2) is 13.4 Å². The van der Waals surface area contributed by atoms with E-state index >= 15 is 0 Å². The van der Waals surface area contributed by atoms with Crippen LogP contribution in [0, 0.1) is 0 Å². The molecule has 9 heteroatoms. The van der Waals surface area contributed by atoms with Crippen LogP contribution in [0.1, 0.15) is 36.3 Å². The van der Waals surface area contributed by atoms with Gasteiger partial charge in [-0.1, -0.05) is 12.5 Å². The van der Waals surface area contributed by atoms with Crippen LogP contribution in [0.3, 0.4) is 0 Å². The normalized spacial score (nSPS) is 21.2. The first-order valence-electron chi connectivity index (χ1n) is 8.40. The maximum absolute atomic E-state index is 12.9. The molecule has 2 aromatic heterocycles. The molecule has 4 rings (SSSR count). The first kappa shape index (κ1) is 17.1. The van der Waals surface area contributed by atoms with E-state index in [-0.39, 0.29) is 5.91 Å². The molecule has 3 heterocycles. The Balaban J connectivity index is 1.55. The molecule has 0 spiro atoms. The van der Waals surface area contributed by atoms with Crippen LogP contribution >= 0.6 is 22.7 Å². The van der Waals surface area contributed by atoms with E-state index in [9.17, 15) is 13.2 Å². The van der Waals surface area contributed by atoms with E-state index in [1.54, 1.807) is 17.5 Å². The van der Waals surface area contributed by atoms with Crippen LogP contribution in [-0.4, -0.2) is 36.2 Å². The molecule has 134 valence electrons. The van der Waals surface area contributed by atoms with Crippen molar-refractivity contribution in [1.82, 2.24) is 9.29 Å². The third-order valence-corrected chi connectivity index (χ3v) is 8.99. The Hall–Kier alpha value is -1.29. The number of sulfonamides is 1. The molecule has 1 aliphatic heterocycles. The molecule has 1 N–H and O–H groups in total. The molecule has 0 saturated carbocycles. The lowest BCUT2D eigenvalue weighted by Crippen LogP contribution is -2.49. The molecule has 0 aromatic carbocycles. The molecule has 25 heavy (non-hydrogen) atoms. The van der Waals surface area contributed by atoms with E-state index in [4.69, 9.17) is 0 Å². The molecule has 1 fully saturated rings. The van der Waals surface area contributed by atoms with Gasteiger partial charge in [0.2, 0.25) is 5.91 Å². The highest BCUT2D eigenvalue weighted by molar-refractivity contribution is 7.91. The maximum atomic E-state index is 12.9. The summed E-state index contributed by atoms with van der Waals surface area (Å²) in [5.74, 6) is -0.271. The summed E-state index contributed by atoms with van der Waals surface area (Å²) in [4.78, 5) is 18.5. The number of nitrogens with zero attached hydrogens (tertiary/aromatic N) is 2. The predicted molar refractivity (Wildman–Crippen MR) is 98.6 cm³/mol. The summed E-state index contributed by atoms with van der Waals surface area (Å²) in [6.07, 6.45) is 5.28. The number of carbonyl (C=O) groups excluding carboxylic acids is 1. The highest BCUT2D eigenvalue weighted by Crippen LogP contribution is 2.32. The monoisotopic (exact) mass is 397 g/mol. The van der Waals surface area contributed by atoms with Gasteiger partial charge < -0.3 is 5.32 Å². The van der Waals surface area contributed by atoms with Gasteiger partial charge in [0.25, 0.3) is 10.0 Å². The van der Waals surface area contributed by atoms with Gasteiger partial charge in [-0.2, -0.15) is 4.31 Å². The molecule has 1 amide bonds. The standard InChI is InChI=1S/C16H19N3O3S3/c20-15(18-16-17-11-5-3-7-13(11)24-16)12-6-1-2-9-19(12)25(21,22)14-8-4-10-23-14/h4,8,10,12H,1-3,5-7,9H2,(H,17,18,20)/t12-/m0/s1. The van der Waals surface area contributed by atoms with Gasteiger partial charge in [0.1, 0.15) is 10.3 Å². The zero-order chi connectivity index (χ0) is 17.4. The predicted octanol–water partition coefficient (Wildman–Crippen LogP) is 2.88. The zero-order valence-corrected chi connectivity index (χ0v) is 16.1. The number of anilines is 1. The van der Waals surface area contributed by atoms with Crippen LogP contribution < -0.4 is 5.32 Å². The molecule has 0 unspecified atom stereocenters. The number of hydrogen-bond acceptors (Lipinski definition) is 6. The minimum Gasteiger partial charge on any atom is -0.301 e. The molecule has 6 nitrogen and oxygen atoms in total. The van der Waals surface area contributed by atoms with E-state index < -0.39 is 16.1 Å². The minimum atomic E-state index is -3.63. The van der Waals surface area contributed by atoms with Crippen LogP contribution in [0.25, 0.3) is 0 Å².